The van der Waals surface area contributed by atoms with Gasteiger partial charge in [0.1, 0.15) is 0 Å². The van der Waals surface area contributed by atoms with Gasteiger partial charge < -0.3 is 19.5 Å². The average Bonchev–Trinajstić information content (AvgIpc) is 2.38. The van der Waals surface area contributed by atoms with E-state index in [2.05, 4.69) is 19.6 Å². The SMILES string of the molecule is CCc1cc(OCOCC[Si](C)(C)C)c(F)cc1B(O)O. The van der Waals surface area contributed by atoms with Crippen molar-refractivity contribution in [3.63, 3.8) is 0 Å². The molecule has 4 nitrogen and oxygen atoms in total. The predicted molar refractivity (Wildman–Crippen MR) is 85.2 cm³/mol. The van der Waals surface area contributed by atoms with Crippen LogP contribution < -0.4 is 10.2 Å². The highest BCUT2D eigenvalue weighted by Crippen LogP contribution is 2.18. The average molecular weight is 314 g/mol. The van der Waals surface area contributed by atoms with Gasteiger partial charge in [-0.25, -0.2) is 4.39 Å². The summed E-state index contributed by atoms with van der Waals surface area (Å²) in [4.78, 5) is 0. The third-order valence-electron chi connectivity index (χ3n) is 3.15. The van der Waals surface area contributed by atoms with Gasteiger partial charge in [0, 0.05) is 14.7 Å². The van der Waals surface area contributed by atoms with Gasteiger partial charge in [-0.15, -0.1) is 0 Å². The van der Waals surface area contributed by atoms with Crippen LogP contribution in [0, 0.1) is 5.82 Å². The minimum absolute atomic E-state index is 0.00835. The summed E-state index contributed by atoms with van der Waals surface area (Å²) in [5.41, 5.74) is 0.811. The molecule has 118 valence electrons. The number of halogens is 1. The van der Waals surface area contributed by atoms with E-state index in [9.17, 15) is 14.4 Å². The van der Waals surface area contributed by atoms with Crippen molar-refractivity contribution in [2.45, 2.75) is 39.0 Å². The monoisotopic (exact) mass is 314 g/mol. The third kappa shape index (κ3) is 6.17. The Kier molecular flexibility index (Phi) is 6.86. The van der Waals surface area contributed by atoms with Crippen molar-refractivity contribution in [2.24, 2.45) is 0 Å². The summed E-state index contributed by atoms with van der Waals surface area (Å²) in [6.45, 7) is 9.21. The summed E-state index contributed by atoms with van der Waals surface area (Å²) in [5, 5.41) is 18.4. The molecular formula is C14H24BFO4Si. The first-order valence-electron chi connectivity index (χ1n) is 7.13. The molecule has 0 heterocycles. The van der Waals surface area contributed by atoms with E-state index in [4.69, 9.17) is 9.47 Å². The Bertz CT molecular complexity index is 463. The fourth-order valence-corrected chi connectivity index (χ4v) is 2.57. The first-order valence-corrected chi connectivity index (χ1v) is 10.8. The lowest BCUT2D eigenvalue weighted by molar-refractivity contribution is 0.0197. The Balaban J connectivity index is 2.60. The van der Waals surface area contributed by atoms with Crippen LogP contribution >= 0.6 is 0 Å². The van der Waals surface area contributed by atoms with E-state index in [1.807, 2.05) is 6.92 Å². The smallest absolute Gasteiger partial charge is 0.464 e. The van der Waals surface area contributed by atoms with Gasteiger partial charge in [-0.2, -0.15) is 0 Å². The van der Waals surface area contributed by atoms with Crippen molar-refractivity contribution in [3.05, 3.63) is 23.5 Å². The maximum Gasteiger partial charge on any atom is 0.488 e. The fourth-order valence-electron chi connectivity index (χ4n) is 1.81. The van der Waals surface area contributed by atoms with Crippen molar-refractivity contribution in [1.82, 2.24) is 0 Å². The summed E-state index contributed by atoms with van der Waals surface area (Å²) in [5.74, 6) is -0.548. The largest absolute Gasteiger partial charge is 0.488 e. The zero-order valence-corrected chi connectivity index (χ0v) is 14.1. The van der Waals surface area contributed by atoms with Gasteiger partial charge >= 0.3 is 7.12 Å². The maximum absolute atomic E-state index is 13.8. The van der Waals surface area contributed by atoms with Gasteiger partial charge in [0.15, 0.2) is 18.4 Å². The number of rotatable bonds is 8. The van der Waals surface area contributed by atoms with Crippen molar-refractivity contribution >= 4 is 20.7 Å². The first-order chi connectivity index (χ1) is 9.74. The van der Waals surface area contributed by atoms with Gasteiger partial charge in [-0.1, -0.05) is 26.6 Å². The normalized spacial score (nSPS) is 11.6. The summed E-state index contributed by atoms with van der Waals surface area (Å²) >= 11 is 0. The molecule has 0 fully saturated rings. The van der Waals surface area contributed by atoms with Crippen molar-refractivity contribution in [1.29, 1.82) is 0 Å². The van der Waals surface area contributed by atoms with Crippen molar-refractivity contribution < 1.29 is 23.9 Å². The van der Waals surface area contributed by atoms with E-state index in [0.29, 0.717) is 18.6 Å². The molecule has 1 rings (SSSR count). The first kappa shape index (κ1) is 18.2. The molecule has 0 aliphatic rings. The van der Waals surface area contributed by atoms with Crippen LogP contribution in [0.1, 0.15) is 12.5 Å². The van der Waals surface area contributed by atoms with Crippen LogP contribution in [0.4, 0.5) is 4.39 Å². The quantitative estimate of drug-likeness (QED) is 0.436. The molecule has 0 radical (unpaired) electrons. The maximum atomic E-state index is 13.8. The summed E-state index contributed by atoms with van der Waals surface area (Å²) in [7, 11) is -2.83. The van der Waals surface area contributed by atoms with E-state index >= 15 is 0 Å². The molecule has 0 bridgehead atoms. The molecule has 2 N–H and O–H groups in total. The highest BCUT2D eigenvalue weighted by molar-refractivity contribution is 6.76. The number of ether oxygens (including phenoxy) is 2. The lowest BCUT2D eigenvalue weighted by atomic mass is 9.76. The van der Waals surface area contributed by atoms with Crippen LogP contribution in [0.3, 0.4) is 0 Å². The molecule has 1 aromatic carbocycles. The van der Waals surface area contributed by atoms with E-state index in [0.717, 1.165) is 12.1 Å². The van der Waals surface area contributed by atoms with E-state index in [1.54, 1.807) is 0 Å². The minimum Gasteiger partial charge on any atom is -0.464 e. The molecule has 0 aliphatic carbocycles. The van der Waals surface area contributed by atoms with Crippen LogP contribution in [-0.4, -0.2) is 38.6 Å². The number of hydrogen-bond donors (Lipinski definition) is 2. The van der Waals surface area contributed by atoms with Gasteiger partial charge in [0.2, 0.25) is 0 Å². The number of hydrogen-bond acceptors (Lipinski definition) is 4. The molecule has 0 aromatic heterocycles. The lowest BCUT2D eigenvalue weighted by Gasteiger charge is -2.16. The third-order valence-corrected chi connectivity index (χ3v) is 4.85. The summed E-state index contributed by atoms with van der Waals surface area (Å²) in [6.07, 6.45) is 0.556. The summed E-state index contributed by atoms with van der Waals surface area (Å²) < 4.78 is 24.5. The van der Waals surface area contributed by atoms with Gasteiger partial charge in [0.05, 0.1) is 0 Å². The Morgan fingerprint density at radius 2 is 1.90 bits per heavy atom. The van der Waals surface area contributed by atoms with Gasteiger partial charge in [0.25, 0.3) is 0 Å². The zero-order valence-electron chi connectivity index (χ0n) is 13.1. The second-order valence-corrected chi connectivity index (χ2v) is 11.8. The molecule has 0 amide bonds. The second-order valence-electron chi connectivity index (χ2n) is 6.19. The number of benzene rings is 1. The molecule has 0 saturated carbocycles. The van der Waals surface area contributed by atoms with E-state index < -0.39 is 21.0 Å². The Labute approximate surface area is 127 Å². The Hall–Kier alpha value is -0.888. The van der Waals surface area contributed by atoms with E-state index in [1.165, 1.54) is 6.07 Å². The molecule has 21 heavy (non-hydrogen) atoms. The molecule has 0 spiro atoms. The van der Waals surface area contributed by atoms with Crippen LogP contribution in [-0.2, 0) is 11.2 Å². The second kappa shape index (κ2) is 7.93. The van der Waals surface area contributed by atoms with Crippen LogP contribution in [0.15, 0.2) is 12.1 Å². The topological polar surface area (TPSA) is 58.9 Å². The van der Waals surface area contributed by atoms with Gasteiger partial charge in [-0.3, -0.25) is 0 Å². The van der Waals surface area contributed by atoms with Crippen molar-refractivity contribution in [2.75, 3.05) is 13.4 Å². The Morgan fingerprint density at radius 3 is 2.43 bits per heavy atom. The molecule has 0 saturated heterocycles. The highest BCUT2D eigenvalue weighted by Gasteiger charge is 2.19. The molecule has 0 atom stereocenters. The van der Waals surface area contributed by atoms with E-state index in [-0.39, 0.29) is 18.0 Å². The molecule has 0 unspecified atom stereocenters. The molecular weight excluding hydrogens is 290 g/mol. The standard InChI is InChI=1S/C14H24BFO4Si/c1-5-11-8-14(13(16)9-12(11)15(17)18)20-10-19-6-7-21(2,3)4/h8-9,17-18H,5-7,10H2,1-4H3. The van der Waals surface area contributed by atoms with Gasteiger partial charge in [-0.05, 0) is 35.6 Å². The highest BCUT2D eigenvalue weighted by atomic mass is 28.3. The van der Waals surface area contributed by atoms with Crippen molar-refractivity contribution in [3.8, 4) is 5.75 Å². The number of aryl methyl sites for hydroxylation is 1. The zero-order chi connectivity index (χ0) is 16.0. The predicted octanol–water partition coefficient (Wildman–Crippen LogP) is 1.76. The molecule has 7 heteroatoms. The molecule has 0 aliphatic heterocycles. The van der Waals surface area contributed by atoms with Crippen LogP contribution in [0.2, 0.25) is 25.7 Å². The lowest BCUT2D eigenvalue weighted by Crippen LogP contribution is -2.33. The fraction of sp³-hybridized carbons (Fsp3) is 0.571. The van der Waals surface area contributed by atoms with Crippen LogP contribution in [0.25, 0.3) is 0 Å². The minimum atomic E-state index is -1.68. The Morgan fingerprint density at radius 1 is 1.24 bits per heavy atom. The molecule has 1 aromatic rings. The summed E-state index contributed by atoms with van der Waals surface area (Å²) in [6, 6.07) is 3.61. The van der Waals surface area contributed by atoms with Crippen LogP contribution in [0.5, 0.6) is 5.75 Å².